The highest BCUT2D eigenvalue weighted by Gasteiger charge is 2.19. The van der Waals surface area contributed by atoms with Crippen LogP contribution in [0, 0.1) is 0 Å². The molecule has 0 bridgehead atoms. The lowest BCUT2D eigenvalue weighted by atomic mass is 9.96. The molecule has 4 nitrogen and oxygen atoms in total. The van der Waals surface area contributed by atoms with E-state index >= 15 is 0 Å². The summed E-state index contributed by atoms with van der Waals surface area (Å²) in [6.07, 6.45) is 3.21. The molecule has 17 heavy (non-hydrogen) atoms. The van der Waals surface area contributed by atoms with E-state index in [9.17, 15) is 5.11 Å². The first-order valence-corrected chi connectivity index (χ1v) is 6.57. The van der Waals surface area contributed by atoms with Gasteiger partial charge in [-0.05, 0) is 47.1 Å². The minimum absolute atomic E-state index is 0.156. The molecular weight excluding hydrogens is 218 g/mol. The molecule has 0 aromatic carbocycles. The molecule has 4 heteroatoms. The molecule has 2 unspecified atom stereocenters. The SMILES string of the molecule is CCOCC(C)OCCCCC(C)(CO)NC. The molecule has 0 spiro atoms. The average Bonchev–Trinajstić information content (AvgIpc) is 2.35. The summed E-state index contributed by atoms with van der Waals surface area (Å²) in [5, 5.41) is 12.4. The van der Waals surface area contributed by atoms with Gasteiger partial charge < -0.3 is 19.9 Å². The minimum Gasteiger partial charge on any atom is -0.394 e. The standard InChI is InChI=1S/C13H29NO3/c1-5-16-10-12(2)17-9-7-6-8-13(3,11-15)14-4/h12,14-15H,5-11H2,1-4H3. The summed E-state index contributed by atoms with van der Waals surface area (Å²) < 4.78 is 10.9. The summed E-state index contributed by atoms with van der Waals surface area (Å²) in [6.45, 7) is 8.39. The molecular formula is C13H29NO3. The largest absolute Gasteiger partial charge is 0.394 e. The van der Waals surface area contributed by atoms with E-state index < -0.39 is 0 Å². The van der Waals surface area contributed by atoms with E-state index in [1.807, 2.05) is 27.8 Å². The third-order valence-corrected chi connectivity index (χ3v) is 3.03. The highest BCUT2D eigenvalue weighted by Crippen LogP contribution is 2.12. The van der Waals surface area contributed by atoms with Crippen molar-refractivity contribution in [1.82, 2.24) is 5.32 Å². The van der Waals surface area contributed by atoms with Gasteiger partial charge in [0.05, 0.1) is 19.3 Å². The first kappa shape index (κ1) is 16.8. The number of hydrogen-bond donors (Lipinski definition) is 2. The highest BCUT2D eigenvalue weighted by atomic mass is 16.5. The molecule has 0 saturated heterocycles. The van der Waals surface area contributed by atoms with Gasteiger partial charge in [0.1, 0.15) is 0 Å². The fraction of sp³-hybridized carbons (Fsp3) is 1.00. The molecule has 104 valence electrons. The molecule has 0 fully saturated rings. The number of ether oxygens (including phenoxy) is 2. The van der Waals surface area contributed by atoms with Crippen LogP contribution >= 0.6 is 0 Å². The topological polar surface area (TPSA) is 50.7 Å². The molecule has 0 rings (SSSR count). The summed E-state index contributed by atoms with van der Waals surface area (Å²) in [7, 11) is 1.89. The lowest BCUT2D eigenvalue weighted by molar-refractivity contribution is -0.00512. The van der Waals surface area contributed by atoms with Crippen LogP contribution in [0.2, 0.25) is 0 Å². The van der Waals surface area contributed by atoms with E-state index in [0.717, 1.165) is 32.5 Å². The van der Waals surface area contributed by atoms with E-state index in [2.05, 4.69) is 5.32 Å². The first-order valence-electron chi connectivity index (χ1n) is 6.57. The molecule has 2 atom stereocenters. The van der Waals surface area contributed by atoms with Gasteiger partial charge in [-0.3, -0.25) is 0 Å². The molecule has 0 aromatic rings. The quantitative estimate of drug-likeness (QED) is 0.544. The zero-order valence-corrected chi connectivity index (χ0v) is 11.8. The Kier molecular flexibility index (Phi) is 9.74. The lowest BCUT2D eigenvalue weighted by Gasteiger charge is -2.26. The lowest BCUT2D eigenvalue weighted by Crippen LogP contribution is -2.43. The third-order valence-electron chi connectivity index (χ3n) is 3.03. The Labute approximate surface area is 106 Å². The fourth-order valence-corrected chi connectivity index (χ4v) is 1.52. The Morgan fingerprint density at radius 2 is 2.06 bits per heavy atom. The van der Waals surface area contributed by atoms with Gasteiger partial charge in [0.15, 0.2) is 0 Å². The predicted molar refractivity (Wildman–Crippen MR) is 70.3 cm³/mol. The van der Waals surface area contributed by atoms with Crippen LogP contribution in [-0.4, -0.2) is 50.2 Å². The van der Waals surface area contributed by atoms with Gasteiger partial charge in [-0.1, -0.05) is 0 Å². The van der Waals surface area contributed by atoms with Crippen LogP contribution in [0.3, 0.4) is 0 Å². The van der Waals surface area contributed by atoms with Crippen molar-refractivity contribution < 1.29 is 14.6 Å². The van der Waals surface area contributed by atoms with Gasteiger partial charge in [0, 0.05) is 18.8 Å². The predicted octanol–water partition coefficient (Wildman–Crippen LogP) is 1.57. The second-order valence-corrected chi connectivity index (χ2v) is 4.77. The molecule has 0 saturated carbocycles. The van der Waals surface area contributed by atoms with Crippen molar-refractivity contribution in [2.45, 2.75) is 51.7 Å². The Bertz CT molecular complexity index is 172. The molecule has 0 amide bonds. The van der Waals surface area contributed by atoms with Crippen molar-refractivity contribution in [3.8, 4) is 0 Å². The summed E-state index contributed by atoms with van der Waals surface area (Å²) in [4.78, 5) is 0. The molecule has 0 aliphatic rings. The van der Waals surface area contributed by atoms with E-state index in [0.29, 0.717) is 6.61 Å². The van der Waals surface area contributed by atoms with E-state index in [1.54, 1.807) is 0 Å². The summed E-state index contributed by atoms with van der Waals surface area (Å²) >= 11 is 0. The van der Waals surface area contributed by atoms with Crippen LogP contribution < -0.4 is 5.32 Å². The molecule has 0 radical (unpaired) electrons. The maximum atomic E-state index is 9.22. The van der Waals surface area contributed by atoms with Crippen LogP contribution in [0.25, 0.3) is 0 Å². The summed E-state index contributed by atoms with van der Waals surface area (Å²) in [5.41, 5.74) is -0.156. The number of aliphatic hydroxyl groups excluding tert-OH is 1. The molecule has 0 aliphatic heterocycles. The minimum atomic E-state index is -0.156. The maximum Gasteiger partial charge on any atom is 0.0780 e. The molecule has 2 N–H and O–H groups in total. The van der Waals surface area contributed by atoms with Crippen molar-refractivity contribution in [3.63, 3.8) is 0 Å². The number of unbranched alkanes of at least 4 members (excludes halogenated alkanes) is 1. The Morgan fingerprint density at radius 3 is 2.59 bits per heavy atom. The van der Waals surface area contributed by atoms with E-state index in [4.69, 9.17) is 9.47 Å². The van der Waals surface area contributed by atoms with Gasteiger partial charge in [0.2, 0.25) is 0 Å². The van der Waals surface area contributed by atoms with Crippen LogP contribution in [0.4, 0.5) is 0 Å². The second kappa shape index (κ2) is 9.83. The summed E-state index contributed by atoms with van der Waals surface area (Å²) in [5.74, 6) is 0. The van der Waals surface area contributed by atoms with Crippen LogP contribution in [0.5, 0.6) is 0 Å². The van der Waals surface area contributed by atoms with Crippen molar-refractivity contribution in [1.29, 1.82) is 0 Å². The third kappa shape index (κ3) is 8.55. The van der Waals surface area contributed by atoms with Gasteiger partial charge >= 0.3 is 0 Å². The number of rotatable bonds is 11. The number of hydrogen-bond acceptors (Lipinski definition) is 4. The number of nitrogens with one attached hydrogen (secondary N) is 1. The van der Waals surface area contributed by atoms with Crippen LogP contribution in [-0.2, 0) is 9.47 Å². The zero-order valence-electron chi connectivity index (χ0n) is 11.8. The monoisotopic (exact) mass is 247 g/mol. The smallest absolute Gasteiger partial charge is 0.0780 e. The van der Waals surface area contributed by atoms with Crippen molar-refractivity contribution in [2.75, 3.05) is 33.5 Å². The maximum absolute atomic E-state index is 9.22. The van der Waals surface area contributed by atoms with Crippen LogP contribution in [0.15, 0.2) is 0 Å². The summed E-state index contributed by atoms with van der Waals surface area (Å²) in [6, 6.07) is 0. The zero-order chi connectivity index (χ0) is 13.1. The van der Waals surface area contributed by atoms with Crippen molar-refractivity contribution >= 4 is 0 Å². The normalized spacial score (nSPS) is 16.8. The second-order valence-electron chi connectivity index (χ2n) is 4.77. The van der Waals surface area contributed by atoms with Crippen LogP contribution in [0.1, 0.15) is 40.0 Å². The van der Waals surface area contributed by atoms with Gasteiger partial charge in [0.25, 0.3) is 0 Å². The Morgan fingerprint density at radius 1 is 1.35 bits per heavy atom. The molecule has 0 heterocycles. The molecule has 0 aromatic heterocycles. The van der Waals surface area contributed by atoms with E-state index in [-0.39, 0.29) is 18.2 Å². The average molecular weight is 247 g/mol. The van der Waals surface area contributed by atoms with Crippen molar-refractivity contribution in [3.05, 3.63) is 0 Å². The Hall–Kier alpha value is -0.160. The number of aliphatic hydroxyl groups is 1. The highest BCUT2D eigenvalue weighted by molar-refractivity contribution is 4.79. The fourth-order valence-electron chi connectivity index (χ4n) is 1.52. The van der Waals surface area contributed by atoms with E-state index in [1.165, 1.54) is 0 Å². The first-order chi connectivity index (χ1) is 8.08. The van der Waals surface area contributed by atoms with Gasteiger partial charge in [-0.25, -0.2) is 0 Å². The van der Waals surface area contributed by atoms with Gasteiger partial charge in [-0.2, -0.15) is 0 Å². The van der Waals surface area contributed by atoms with Gasteiger partial charge in [-0.15, -0.1) is 0 Å². The Balaban J connectivity index is 3.45. The number of likely N-dealkylation sites (N-methyl/N-ethyl adjacent to an activating group) is 1. The molecule has 0 aliphatic carbocycles. The van der Waals surface area contributed by atoms with Crippen molar-refractivity contribution in [2.24, 2.45) is 0 Å².